The maximum atomic E-state index is 11.8. The Hall–Kier alpha value is -1.07. The lowest BCUT2D eigenvalue weighted by atomic mass is 9.60. The molecule has 0 unspecified atom stereocenters. The van der Waals surface area contributed by atoms with Gasteiger partial charge in [-0.25, -0.2) is 0 Å². The maximum absolute atomic E-state index is 11.8. The van der Waals surface area contributed by atoms with Crippen molar-refractivity contribution >= 4 is 5.96 Å². The summed E-state index contributed by atoms with van der Waals surface area (Å²) < 4.78 is 0. The summed E-state index contributed by atoms with van der Waals surface area (Å²) in [7, 11) is 1.67. The Morgan fingerprint density at radius 2 is 1.69 bits per heavy atom. The molecule has 4 rings (SSSR count). The molecule has 5 N–H and O–H groups in total. The second-order valence-corrected chi connectivity index (χ2v) is 11.9. The zero-order chi connectivity index (χ0) is 23.0. The summed E-state index contributed by atoms with van der Waals surface area (Å²) in [5.74, 6) is 1.75. The molecule has 4 aliphatic carbocycles. The van der Waals surface area contributed by atoms with E-state index in [4.69, 9.17) is 12.3 Å². The quantitative estimate of drug-likeness (QED) is 0.284. The van der Waals surface area contributed by atoms with E-state index >= 15 is 0 Å². The van der Waals surface area contributed by atoms with Gasteiger partial charge in [0.15, 0.2) is 5.96 Å². The Morgan fingerprint density at radius 1 is 1.00 bits per heavy atom. The fourth-order valence-electron chi connectivity index (χ4n) is 8.35. The second-order valence-electron chi connectivity index (χ2n) is 11.9. The van der Waals surface area contributed by atoms with Crippen LogP contribution in [0, 0.1) is 29.1 Å². The van der Waals surface area contributed by atoms with Crippen LogP contribution in [0.2, 0.25) is 0 Å². The van der Waals surface area contributed by atoms with Crippen LogP contribution in [0.3, 0.4) is 0 Å². The molecule has 0 aromatic rings. The molecule has 32 heavy (non-hydrogen) atoms. The third kappa shape index (κ3) is 4.49. The molecular weight excluding hydrogens is 398 g/mol. The third-order valence-corrected chi connectivity index (χ3v) is 10.2. The second kappa shape index (κ2) is 9.29. The Morgan fingerprint density at radius 3 is 2.38 bits per heavy atom. The van der Waals surface area contributed by atoms with Crippen molar-refractivity contribution in [2.45, 2.75) is 108 Å². The van der Waals surface area contributed by atoms with Crippen molar-refractivity contribution in [1.29, 1.82) is 0 Å². The molecule has 0 bridgehead atoms. The molecule has 0 aliphatic heterocycles. The van der Waals surface area contributed by atoms with E-state index in [1.54, 1.807) is 7.05 Å². The van der Waals surface area contributed by atoms with Crippen molar-refractivity contribution < 1.29 is 10.2 Å². The first-order chi connectivity index (χ1) is 15.2. The molecule has 5 heteroatoms. The van der Waals surface area contributed by atoms with Crippen LogP contribution in [0.1, 0.15) is 96.8 Å². The van der Waals surface area contributed by atoms with E-state index < -0.39 is 11.2 Å². The van der Waals surface area contributed by atoms with E-state index in [0.717, 1.165) is 32.1 Å². The smallest absolute Gasteiger partial charge is 0.188 e. The number of guanidine groups is 1. The van der Waals surface area contributed by atoms with E-state index in [0.29, 0.717) is 36.2 Å². The van der Waals surface area contributed by atoms with Crippen LogP contribution in [0.5, 0.6) is 0 Å². The summed E-state index contributed by atoms with van der Waals surface area (Å²) in [6, 6.07) is 0. The van der Waals surface area contributed by atoms with Crippen molar-refractivity contribution in [2.24, 2.45) is 39.8 Å². The monoisotopic (exact) mass is 445 g/mol. The summed E-state index contributed by atoms with van der Waals surface area (Å²) in [6.45, 7) is 7.39. The van der Waals surface area contributed by atoms with Gasteiger partial charge in [-0.05, 0) is 100 Å². The number of nitrogens with two attached hydrogens (primary N) is 1. The Bertz CT molecular complexity index is 712. The van der Waals surface area contributed by atoms with Crippen LogP contribution in [-0.4, -0.2) is 41.0 Å². The van der Waals surface area contributed by atoms with Gasteiger partial charge in [-0.3, -0.25) is 4.99 Å². The average molecular weight is 446 g/mol. The number of nitrogens with one attached hydrogen (secondary N) is 1. The van der Waals surface area contributed by atoms with Crippen molar-refractivity contribution in [3.8, 4) is 0 Å². The third-order valence-electron chi connectivity index (χ3n) is 10.2. The van der Waals surface area contributed by atoms with Crippen LogP contribution in [0.15, 0.2) is 17.1 Å². The first kappa shape index (κ1) is 24.1. The molecule has 4 saturated carbocycles. The highest BCUT2D eigenvalue weighted by atomic mass is 16.3. The summed E-state index contributed by atoms with van der Waals surface area (Å²) in [5, 5.41) is 26.3. The lowest BCUT2D eigenvalue weighted by Gasteiger charge is -2.45. The lowest BCUT2D eigenvalue weighted by molar-refractivity contribution is -0.0643. The normalized spacial score (nSPS) is 41.9. The van der Waals surface area contributed by atoms with E-state index in [-0.39, 0.29) is 11.8 Å². The van der Waals surface area contributed by atoms with E-state index in [1.165, 1.54) is 56.9 Å². The molecule has 4 aliphatic rings. The van der Waals surface area contributed by atoms with Gasteiger partial charge >= 0.3 is 0 Å². The Labute approximate surface area is 195 Å². The molecule has 0 aromatic carbocycles. The minimum atomic E-state index is -0.754. The Balaban J connectivity index is 1.53. The van der Waals surface area contributed by atoms with Crippen LogP contribution >= 0.6 is 0 Å². The molecule has 4 fully saturated rings. The number of fused-ring (bicyclic) bond motifs is 1. The minimum Gasteiger partial charge on any atom is -0.390 e. The largest absolute Gasteiger partial charge is 0.390 e. The van der Waals surface area contributed by atoms with Crippen LogP contribution < -0.4 is 11.1 Å². The molecular formula is C27H47N3O2. The molecule has 0 heterocycles. The standard InChI is InChI=1S/C27H47N3O2/c1-19(21-8-4-5-11-26(21)12-6-7-13-26)20-9-14-25(2,31)22-10-15-27(32,23(22)18-20)16-17-30-24(28)29-3/h20-23,31-32H,1,4-18H2,2-3H3,(H3,28,29,30)/t20-,21-,22-,23-,25+,27+/m0/s1. The molecule has 5 nitrogen and oxygen atoms in total. The van der Waals surface area contributed by atoms with E-state index in [9.17, 15) is 10.2 Å². The first-order valence-corrected chi connectivity index (χ1v) is 13.3. The predicted octanol–water partition coefficient (Wildman–Crippen LogP) is 4.53. The number of hydrogen-bond acceptors (Lipinski definition) is 3. The van der Waals surface area contributed by atoms with Crippen LogP contribution in [0.4, 0.5) is 0 Å². The number of nitrogens with zero attached hydrogens (tertiary/aromatic N) is 1. The van der Waals surface area contributed by atoms with Gasteiger partial charge in [0.1, 0.15) is 0 Å². The van der Waals surface area contributed by atoms with Crippen molar-refractivity contribution in [2.75, 3.05) is 13.6 Å². The SMILES string of the molecule is C=C([C@H]1CC[C@@](C)(O)[C@H]2CC[C@@](O)(CCNC(N)=NC)[C@H]2C1)[C@@H]1CCCCC12CCCC2. The summed E-state index contributed by atoms with van der Waals surface area (Å²) in [6.07, 6.45) is 16.0. The number of aliphatic hydroxyl groups is 2. The van der Waals surface area contributed by atoms with Gasteiger partial charge in [0.2, 0.25) is 0 Å². The zero-order valence-electron chi connectivity index (χ0n) is 20.5. The Kier molecular flexibility index (Phi) is 6.99. The van der Waals surface area contributed by atoms with Crippen LogP contribution in [0.25, 0.3) is 0 Å². The molecule has 6 atom stereocenters. The van der Waals surface area contributed by atoms with Gasteiger partial charge < -0.3 is 21.3 Å². The fourth-order valence-corrected chi connectivity index (χ4v) is 8.35. The highest BCUT2D eigenvalue weighted by molar-refractivity contribution is 5.77. The number of aliphatic imine (C=N–C) groups is 1. The van der Waals surface area contributed by atoms with Gasteiger partial charge in [0.05, 0.1) is 11.2 Å². The molecule has 0 amide bonds. The molecule has 0 saturated heterocycles. The molecule has 182 valence electrons. The zero-order valence-corrected chi connectivity index (χ0v) is 20.5. The van der Waals surface area contributed by atoms with Gasteiger partial charge in [0.25, 0.3) is 0 Å². The van der Waals surface area contributed by atoms with E-state index in [2.05, 4.69) is 10.3 Å². The topological polar surface area (TPSA) is 90.9 Å². The lowest BCUT2D eigenvalue weighted by Crippen LogP contribution is -2.45. The highest BCUT2D eigenvalue weighted by Gasteiger charge is 2.55. The molecule has 1 spiro atoms. The van der Waals surface area contributed by atoms with Gasteiger partial charge in [0, 0.05) is 13.6 Å². The highest BCUT2D eigenvalue weighted by Crippen LogP contribution is 2.59. The van der Waals surface area contributed by atoms with Crippen molar-refractivity contribution in [3.05, 3.63) is 12.2 Å². The summed E-state index contributed by atoms with van der Waals surface area (Å²) in [5.41, 5.74) is 6.30. The minimum absolute atomic E-state index is 0.117. The number of rotatable bonds is 5. The van der Waals surface area contributed by atoms with Gasteiger partial charge in [-0.15, -0.1) is 0 Å². The predicted molar refractivity (Wildman–Crippen MR) is 131 cm³/mol. The first-order valence-electron chi connectivity index (χ1n) is 13.3. The summed E-state index contributed by atoms with van der Waals surface area (Å²) in [4.78, 5) is 3.97. The van der Waals surface area contributed by atoms with Gasteiger partial charge in [-0.1, -0.05) is 37.8 Å². The number of hydrogen-bond donors (Lipinski definition) is 4. The van der Waals surface area contributed by atoms with Crippen LogP contribution in [-0.2, 0) is 0 Å². The van der Waals surface area contributed by atoms with Crippen molar-refractivity contribution in [3.63, 3.8) is 0 Å². The van der Waals surface area contributed by atoms with Crippen molar-refractivity contribution in [1.82, 2.24) is 5.32 Å². The average Bonchev–Trinajstić information content (AvgIpc) is 3.32. The number of allylic oxidation sites excluding steroid dienone is 1. The molecule has 0 radical (unpaired) electrons. The fraction of sp³-hybridized carbons (Fsp3) is 0.889. The van der Waals surface area contributed by atoms with Gasteiger partial charge in [-0.2, -0.15) is 0 Å². The maximum Gasteiger partial charge on any atom is 0.188 e. The van der Waals surface area contributed by atoms with E-state index in [1.807, 2.05) is 6.92 Å². The molecule has 0 aromatic heterocycles. The summed E-state index contributed by atoms with van der Waals surface area (Å²) >= 11 is 0.